The summed E-state index contributed by atoms with van der Waals surface area (Å²) in [6.45, 7) is 5.16. The Bertz CT molecular complexity index is 583. The molecule has 0 bridgehead atoms. The van der Waals surface area contributed by atoms with E-state index in [0.29, 0.717) is 0 Å². The van der Waals surface area contributed by atoms with Crippen molar-refractivity contribution in [3.05, 3.63) is 69.4 Å². The number of hydrogen-bond acceptors (Lipinski definition) is 1. The van der Waals surface area contributed by atoms with Crippen LogP contribution in [-0.2, 0) is 0 Å². The van der Waals surface area contributed by atoms with E-state index in [4.69, 9.17) is 0 Å². The van der Waals surface area contributed by atoms with Gasteiger partial charge in [0, 0.05) is 4.47 Å². The molecule has 1 nitrogen and oxygen atoms in total. The number of hydrogen-bond donors (Lipinski definition) is 1. The van der Waals surface area contributed by atoms with E-state index in [2.05, 4.69) is 47.2 Å². The summed E-state index contributed by atoms with van der Waals surface area (Å²) in [7, 11) is 0. The molecule has 0 radical (unpaired) electrons. The molecule has 0 aliphatic heterocycles. The van der Waals surface area contributed by atoms with E-state index in [1.807, 2.05) is 18.2 Å². The van der Waals surface area contributed by atoms with Crippen LogP contribution in [0.2, 0.25) is 0 Å². The SMILES string of the molecule is CCCNC(c1ccccc1C)c1ccc(F)cc1Br. The Morgan fingerprint density at radius 1 is 1.15 bits per heavy atom. The van der Waals surface area contributed by atoms with Gasteiger partial charge in [-0.1, -0.05) is 53.2 Å². The molecule has 20 heavy (non-hydrogen) atoms. The Kier molecular flexibility index (Phi) is 5.32. The molecule has 1 unspecified atom stereocenters. The first kappa shape index (κ1) is 15.2. The average molecular weight is 336 g/mol. The molecule has 0 aliphatic rings. The molecule has 0 saturated carbocycles. The number of rotatable bonds is 5. The zero-order chi connectivity index (χ0) is 14.5. The Labute approximate surface area is 128 Å². The predicted molar refractivity (Wildman–Crippen MR) is 85.4 cm³/mol. The van der Waals surface area contributed by atoms with E-state index >= 15 is 0 Å². The maximum absolute atomic E-state index is 13.3. The minimum atomic E-state index is -0.223. The fourth-order valence-electron chi connectivity index (χ4n) is 2.32. The maximum Gasteiger partial charge on any atom is 0.124 e. The molecule has 1 N–H and O–H groups in total. The van der Waals surface area contributed by atoms with Gasteiger partial charge in [0.15, 0.2) is 0 Å². The monoisotopic (exact) mass is 335 g/mol. The smallest absolute Gasteiger partial charge is 0.124 e. The first-order valence-electron chi connectivity index (χ1n) is 6.87. The highest BCUT2D eigenvalue weighted by Crippen LogP contribution is 2.30. The average Bonchev–Trinajstić information content (AvgIpc) is 2.42. The van der Waals surface area contributed by atoms with E-state index in [9.17, 15) is 4.39 Å². The highest BCUT2D eigenvalue weighted by molar-refractivity contribution is 9.10. The highest BCUT2D eigenvalue weighted by atomic mass is 79.9. The lowest BCUT2D eigenvalue weighted by Gasteiger charge is -2.22. The second-order valence-corrected chi connectivity index (χ2v) is 5.76. The van der Waals surface area contributed by atoms with Gasteiger partial charge in [0.05, 0.1) is 6.04 Å². The third-order valence-electron chi connectivity index (χ3n) is 3.37. The standard InChI is InChI=1S/C17H19BrFN/c1-3-10-20-17(14-7-5-4-6-12(14)2)15-9-8-13(19)11-16(15)18/h4-9,11,17,20H,3,10H2,1-2H3. The van der Waals surface area contributed by atoms with Crippen molar-refractivity contribution in [2.45, 2.75) is 26.3 Å². The lowest BCUT2D eigenvalue weighted by atomic mass is 9.95. The molecule has 0 fully saturated rings. The summed E-state index contributed by atoms with van der Waals surface area (Å²) in [5, 5.41) is 3.55. The molecule has 2 aromatic carbocycles. The van der Waals surface area contributed by atoms with Crippen LogP contribution in [0.5, 0.6) is 0 Å². The number of aryl methyl sites for hydroxylation is 1. The molecular weight excluding hydrogens is 317 g/mol. The molecule has 2 aromatic rings. The van der Waals surface area contributed by atoms with Crippen LogP contribution in [0, 0.1) is 12.7 Å². The normalized spacial score (nSPS) is 12.4. The summed E-state index contributed by atoms with van der Waals surface area (Å²) in [5.41, 5.74) is 3.53. The maximum atomic E-state index is 13.3. The zero-order valence-electron chi connectivity index (χ0n) is 11.8. The first-order chi connectivity index (χ1) is 9.63. The Hall–Kier alpha value is -1.19. The van der Waals surface area contributed by atoms with Gasteiger partial charge in [0.2, 0.25) is 0 Å². The Balaban J connectivity index is 2.44. The Morgan fingerprint density at radius 3 is 2.55 bits per heavy atom. The van der Waals surface area contributed by atoms with Gasteiger partial charge in [0.1, 0.15) is 5.82 Å². The topological polar surface area (TPSA) is 12.0 Å². The summed E-state index contributed by atoms with van der Waals surface area (Å²) < 4.78 is 14.1. The molecule has 2 rings (SSSR count). The third-order valence-corrected chi connectivity index (χ3v) is 4.06. The van der Waals surface area contributed by atoms with Gasteiger partial charge in [-0.2, -0.15) is 0 Å². The molecule has 0 heterocycles. The summed E-state index contributed by atoms with van der Waals surface area (Å²) in [4.78, 5) is 0. The molecule has 0 amide bonds. The fraction of sp³-hybridized carbons (Fsp3) is 0.294. The van der Waals surface area contributed by atoms with Crippen LogP contribution in [0.25, 0.3) is 0 Å². The van der Waals surface area contributed by atoms with Crippen molar-refractivity contribution in [1.82, 2.24) is 5.32 Å². The third kappa shape index (κ3) is 3.47. The Morgan fingerprint density at radius 2 is 1.90 bits per heavy atom. The van der Waals surface area contributed by atoms with E-state index in [1.165, 1.54) is 23.3 Å². The van der Waals surface area contributed by atoms with E-state index < -0.39 is 0 Å². The number of benzene rings is 2. The van der Waals surface area contributed by atoms with E-state index in [1.54, 1.807) is 0 Å². The predicted octanol–water partition coefficient (Wildman–Crippen LogP) is 4.99. The second-order valence-electron chi connectivity index (χ2n) is 4.91. The van der Waals surface area contributed by atoms with Crippen molar-refractivity contribution in [3.63, 3.8) is 0 Å². The van der Waals surface area contributed by atoms with Crippen LogP contribution in [0.15, 0.2) is 46.9 Å². The minimum absolute atomic E-state index is 0.0751. The lowest BCUT2D eigenvalue weighted by Crippen LogP contribution is -2.24. The van der Waals surface area contributed by atoms with Crippen LogP contribution in [0.3, 0.4) is 0 Å². The molecule has 3 heteroatoms. The van der Waals surface area contributed by atoms with E-state index in [0.717, 1.165) is 23.0 Å². The van der Waals surface area contributed by atoms with Crippen molar-refractivity contribution in [2.24, 2.45) is 0 Å². The van der Waals surface area contributed by atoms with Crippen LogP contribution >= 0.6 is 15.9 Å². The summed E-state index contributed by atoms with van der Waals surface area (Å²) in [6, 6.07) is 13.3. The van der Waals surface area contributed by atoms with Gasteiger partial charge in [0.25, 0.3) is 0 Å². The largest absolute Gasteiger partial charge is 0.306 e. The van der Waals surface area contributed by atoms with Gasteiger partial charge in [-0.05, 0) is 48.7 Å². The molecule has 0 aliphatic carbocycles. The lowest BCUT2D eigenvalue weighted by molar-refractivity contribution is 0.589. The molecule has 0 saturated heterocycles. The van der Waals surface area contributed by atoms with Crippen LogP contribution in [0.1, 0.15) is 36.1 Å². The van der Waals surface area contributed by atoms with Gasteiger partial charge < -0.3 is 5.32 Å². The zero-order valence-corrected chi connectivity index (χ0v) is 13.4. The molecule has 0 spiro atoms. The molecule has 106 valence electrons. The quantitative estimate of drug-likeness (QED) is 0.811. The van der Waals surface area contributed by atoms with Crippen molar-refractivity contribution in [1.29, 1.82) is 0 Å². The number of halogens is 2. The van der Waals surface area contributed by atoms with Crippen LogP contribution in [-0.4, -0.2) is 6.54 Å². The van der Waals surface area contributed by atoms with E-state index in [-0.39, 0.29) is 11.9 Å². The molecule has 1 atom stereocenters. The minimum Gasteiger partial charge on any atom is -0.306 e. The highest BCUT2D eigenvalue weighted by Gasteiger charge is 2.17. The van der Waals surface area contributed by atoms with Gasteiger partial charge in [-0.25, -0.2) is 4.39 Å². The second kappa shape index (κ2) is 7.00. The number of nitrogens with one attached hydrogen (secondary N) is 1. The van der Waals surface area contributed by atoms with Crippen LogP contribution in [0.4, 0.5) is 4.39 Å². The molecular formula is C17H19BrFN. The summed E-state index contributed by atoms with van der Waals surface area (Å²) in [5.74, 6) is -0.223. The van der Waals surface area contributed by atoms with Gasteiger partial charge in [-0.3, -0.25) is 0 Å². The van der Waals surface area contributed by atoms with Crippen molar-refractivity contribution >= 4 is 15.9 Å². The van der Waals surface area contributed by atoms with Gasteiger partial charge in [-0.15, -0.1) is 0 Å². The van der Waals surface area contributed by atoms with Crippen molar-refractivity contribution in [3.8, 4) is 0 Å². The van der Waals surface area contributed by atoms with Gasteiger partial charge >= 0.3 is 0 Å². The van der Waals surface area contributed by atoms with Crippen LogP contribution < -0.4 is 5.32 Å². The summed E-state index contributed by atoms with van der Waals surface area (Å²) in [6.07, 6.45) is 1.06. The van der Waals surface area contributed by atoms with Crippen molar-refractivity contribution in [2.75, 3.05) is 6.54 Å². The summed E-state index contributed by atoms with van der Waals surface area (Å²) >= 11 is 3.48. The molecule has 0 aromatic heterocycles. The fourth-order valence-corrected chi connectivity index (χ4v) is 2.90. The van der Waals surface area contributed by atoms with Crippen molar-refractivity contribution < 1.29 is 4.39 Å². The first-order valence-corrected chi connectivity index (χ1v) is 7.66.